The lowest BCUT2D eigenvalue weighted by atomic mass is 9.94. The maximum Gasteiger partial charge on any atom is 0.163 e. The molecule has 0 bridgehead atoms. The molecule has 0 amide bonds. The highest BCUT2D eigenvalue weighted by molar-refractivity contribution is 6.24. The van der Waals surface area contributed by atoms with Crippen LogP contribution in [0.4, 0.5) is 17.1 Å². The summed E-state index contributed by atoms with van der Waals surface area (Å²) in [7, 11) is 1.60. The predicted octanol–water partition coefficient (Wildman–Crippen LogP) is 8.94. The van der Waals surface area contributed by atoms with Crippen LogP contribution in [0.2, 0.25) is 0 Å². The quantitative estimate of drug-likeness (QED) is 0.171. The number of anilines is 3. The first-order valence-corrected chi connectivity index (χ1v) is 12.4. The third-order valence-electron chi connectivity index (χ3n) is 6.67. The minimum Gasteiger partial charge on any atom is -0.501 e. The van der Waals surface area contributed by atoms with E-state index in [0.717, 1.165) is 33.4 Å². The Balaban J connectivity index is 1.70. The number of ether oxygens (including phenoxy) is 1. The van der Waals surface area contributed by atoms with Crippen LogP contribution < -0.4 is 4.90 Å². The number of Topliss-reactive ketones (excluding diaryl/α,β-unsaturated/α-hetero) is 1. The van der Waals surface area contributed by atoms with E-state index in [4.69, 9.17) is 4.74 Å². The number of methoxy groups -OCH3 is 1. The van der Waals surface area contributed by atoms with Crippen LogP contribution in [0.1, 0.15) is 19.4 Å². The van der Waals surface area contributed by atoms with E-state index in [1.54, 1.807) is 14.0 Å². The standard InChI is InChI=1S/C34H29NO2/c1-24(36)34(25(2)37-3)32-18-10-17-31-30(32)16-11-19-33(31)35(28-14-8-5-9-15-28)29-22-20-27(21-23-29)26-12-6-4-7-13-26/h4-23H,1-3H3/b34-25+. The Morgan fingerprint density at radius 2 is 1.16 bits per heavy atom. The van der Waals surface area contributed by atoms with Crippen LogP contribution >= 0.6 is 0 Å². The summed E-state index contributed by atoms with van der Waals surface area (Å²) in [6.07, 6.45) is 0. The fourth-order valence-corrected chi connectivity index (χ4v) is 4.87. The zero-order valence-corrected chi connectivity index (χ0v) is 21.3. The number of ketones is 1. The van der Waals surface area contributed by atoms with Gasteiger partial charge in [0.05, 0.1) is 18.4 Å². The number of benzene rings is 5. The van der Waals surface area contributed by atoms with Gasteiger partial charge in [-0.2, -0.15) is 0 Å². The number of para-hydroxylation sites is 1. The lowest BCUT2D eigenvalue weighted by molar-refractivity contribution is -0.111. The number of carbonyl (C=O) groups excluding carboxylic acids is 1. The molecule has 37 heavy (non-hydrogen) atoms. The minimum atomic E-state index is -0.0198. The van der Waals surface area contributed by atoms with E-state index in [2.05, 4.69) is 102 Å². The van der Waals surface area contributed by atoms with Crippen molar-refractivity contribution in [3.8, 4) is 11.1 Å². The summed E-state index contributed by atoms with van der Waals surface area (Å²) >= 11 is 0. The Morgan fingerprint density at radius 3 is 1.81 bits per heavy atom. The molecule has 0 fully saturated rings. The molecule has 0 aliphatic heterocycles. The molecular weight excluding hydrogens is 454 g/mol. The molecule has 0 aliphatic rings. The number of carbonyl (C=O) groups is 1. The Labute approximate surface area is 218 Å². The van der Waals surface area contributed by atoms with Crippen molar-refractivity contribution in [2.45, 2.75) is 13.8 Å². The predicted molar refractivity (Wildman–Crippen MR) is 154 cm³/mol. The summed E-state index contributed by atoms with van der Waals surface area (Å²) in [5.41, 5.74) is 6.98. The minimum absolute atomic E-state index is 0.0198. The molecule has 0 radical (unpaired) electrons. The normalized spacial score (nSPS) is 11.6. The lowest BCUT2D eigenvalue weighted by Gasteiger charge is -2.27. The molecule has 0 heterocycles. The van der Waals surface area contributed by atoms with Gasteiger partial charge in [0.2, 0.25) is 0 Å². The van der Waals surface area contributed by atoms with Gasteiger partial charge in [0.1, 0.15) is 5.76 Å². The van der Waals surface area contributed by atoms with Crippen LogP contribution in [0.3, 0.4) is 0 Å². The maximum atomic E-state index is 12.7. The Morgan fingerprint density at radius 1 is 0.595 bits per heavy atom. The summed E-state index contributed by atoms with van der Waals surface area (Å²) in [4.78, 5) is 14.9. The second-order valence-corrected chi connectivity index (χ2v) is 8.95. The highest BCUT2D eigenvalue weighted by Crippen LogP contribution is 2.41. The molecular formula is C34H29NO2. The highest BCUT2D eigenvalue weighted by atomic mass is 16.5. The van der Waals surface area contributed by atoms with Crippen LogP contribution in [0.15, 0.2) is 127 Å². The van der Waals surface area contributed by atoms with Crippen molar-refractivity contribution in [3.05, 3.63) is 133 Å². The summed E-state index contributed by atoms with van der Waals surface area (Å²) in [5, 5.41) is 2.06. The number of rotatable bonds is 7. The van der Waals surface area contributed by atoms with Crippen LogP contribution in [0, 0.1) is 0 Å². The van der Waals surface area contributed by atoms with Gasteiger partial charge in [0.25, 0.3) is 0 Å². The van der Waals surface area contributed by atoms with Crippen molar-refractivity contribution >= 4 is 39.2 Å². The van der Waals surface area contributed by atoms with Gasteiger partial charge in [-0.3, -0.25) is 4.79 Å². The first kappa shape index (κ1) is 24.1. The molecule has 0 spiro atoms. The number of fused-ring (bicyclic) bond motifs is 1. The second kappa shape index (κ2) is 10.5. The summed E-state index contributed by atoms with van der Waals surface area (Å²) in [6.45, 7) is 3.43. The Bertz CT molecular complexity index is 1570. The zero-order chi connectivity index (χ0) is 25.8. The molecule has 0 aliphatic carbocycles. The van der Waals surface area contributed by atoms with Crippen molar-refractivity contribution in [2.75, 3.05) is 12.0 Å². The van der Waals surface area contributed by atoms with Gasteiger partial charge in [-0.25, -0.2) is 0 Å². The maximum absolute atomic E-state index is 12.7. The SMILES string of the molecule is CO/C(C)=C(\C(C)=O)c1cccc2c(N(c3ccccc3)c3ccc(-c4ccccc4)cc3)cccc12. The van der Waals surface area contributed by atoms with Crippen molar-refractivity contribution in [1.29, 1.82) is 0 Å². The van der Waals surface area contributed by atoms with E-state index in [1.165, 1.54) is 11.1 Å². The van der Waals surface area contributed by atoms with Crippen molar-refractivity contribution in [3.63, 3.8) is 0 Å². The molecule has 3 nitrogen and oxygen atoms in total. The Kier molecular flexibility index (Phi) is 6.87. The summed E-state index contributed by atoms with van der Waals surface area (Å²) < 4.78 is 5.49. The fourth-order valence-electron chi connectivity index (χ4n) is 4.87. The number of nitrogens with zero attached hydrogens (tertiary/aromatic N) is 1. The van der Waals surface area contributed by atoms with Gasteiger partial charge in [0.15, 0.2) is 5.78 Å². The fraction of sp³-hybridized carbons (Fsp3) is 0.0882. The molecule has 3 heteroatoms. The molecule has 182 valence electrons. The van der Waals surface area contributed by atoms with Gasteiger partial charge >= 0.3 is 0 Å². The molecule has 5 rings (SSSR count). The van der Waals surface area contributed by atoms with E-state index in [0.29, 0.717) is 11.3 Å². The second-order valence-electron chi connectivity index (χ2n) is 8.95. The van der Waals surface area contributed by atoms with E-state index < -0.39 is 0 Å². The third-order valence-corrected chi connectivity index (χ3v) is 6.67. The third kappa shape index (κ3) is 4.76. The largest absolute Gasteiger partial charge is 0.501 e. The zero-order valence-electron chi connectivity index (χ0n) is 21.3. The van der Waals surface area contributed by atoms with Crippen molar-refractivity contribution in [1.82, 2.24) is 0 Å². The van der Waals surface area contributed by atoms with E-state index in [1.807, 2.05) is 31.2 Å². The molecule has 0 saturated heterocycles. The van der Waals surface area contributed by atoms with Gasteiger partial charge in [-0.05, 0) is 66.3 Å². The van der Waals surface area contributed by atoms with E-state index >= 15 is 0 Å². The van der Waals surface area contributed by atoms with E-state index in [-0.39, 0.29) is 5.78 Å². The van der Waals surface area contributed by atoms with Crippen LogP contribution in [-0.2, 0) is 9.53 Å². The first-order valence-electron chi connectivity index (χ1n) is 12.4. The van der Waals surface area contributed by atoms with Gasteiger partial charge < -0.3 is 9.64 Å². The molecule has 5 aromatic rings. The molecule has 0 atom stereocenters. The monoisotopic (exact) mass is 483 g/mol. The summed E-state index contributed by atoms with van der Waals surface area (Å²) in [6, 6.07) is 41.8. The number of allylic oxidation sites excluding steroid dienone is 2. The number of hydrogen-bond donors (Lipinski definition) is 0. The topological polar surface area (TPSA) is 29.5 Å². The van der Waals surface area contributed by atoms with Gasteiger partial charge in [-0.15, -0.1) is 0 Å². The average molecular weight is 484 g/mol. The molecule has 5 aromatic carbocycles. The molecule has 0 aromatic heterocycles. The summed E-state index contributed by atoms with van der Waals surface area (Å²) in [5.74, 6) is 0.593. The van der Waals surface area contributed by atoms with Crippen molar-refractivity contribution < 1.29 is 9.53 Å². The smallest absolute Gasteiger partial charge is 0.163 e. The van der Waals surface area contributed by atoms with Crippen molar-refractivity contribution in [2.24, 2.45) is 0 Å². The average Bonchev–Trinajstić information content (AvgIpc) is 2.95. The van der Waals surface area contributed by atoms with Gasteiger partial charge in [0, 0.05) is 16.8 Å². The van der Waals surface area contributed by atoms with Crippen LogP contribution in [-0.4, -0.2) is 12.9 Å². The van der Waals surface area contributed by atoms with Crippen LogP contribution in [0.5, 0.6) is 0 Å². The molecule has 0 saturated carbocycles. The molecule has 0 N–H and O–H groups in total. The highest BCUT2D eigenvalue weighted by Gasteiger charge is 2.19. The number of hydrogen-bond acceptors (Lipinski definition) is 3. The lowest BCUT2D eigenvalue weighted by Crippen LogP contribution is -2.10. The van der Waals surface area contributed by atoms with Crippen LogP contribution in [0.25, 0.3) is 27.5 Å². The molecule has 0 unspecified atom stereocenters. The Hall–Kier alpha value is -4.63. The first-order chi connectivity index (χ1) is 18.1. The van der Waals surface area contributed by atoms with Gasteiger partial charge in [-0.1, -0.05) is 91.0 Å². The van der Waals surface area contributed by atoms with E-state index in [9.17, 15) is 4.79 Å².